The van der Waals surface area contributed by atoms with Gasteiger partial charge in [0.25, 0.3) is 5.91 Å². The number of fused-ring (bicyclic) bond motifs is 1. The number of carbonyl (C=O) groups excluding carboxylic acids is 1. The molecule has 0 fully saturated rings. The molecule has 1 aromatic carbocycles. The monoisotopic (exact) mass is 248 g/mol. The van der Waals surface area contributed by atoms with Crippen molar-refractivity contribution in [1.82, 2.24) is 4.57 Å². The van der Waals surface area contributed by atoms with E-state index in [-0.39, 0.29) is 11.8 Å². The van der Waals surface area contributed by atoms with Crippen molar-refractivity contribution in [2.24, 2.45) is 18.0 Å². The molecule has 2 aromatic rings. The Labute approximate surface area is 104 Å². The Kier molecular flexibility index (Phi) is 3.15. The van der Waals surface area contributed by atoms with E-state index in [9.17, 15) is 4.79 Å². The normalized spacial score (nSPS) is 12.6. The van der Waals surface area contributed by atoms with Crippen molar-refractivity contribution in [3.8, 4) is 0 Å². The van der Waals surface area contributed by atoms with E-state index in [4.69, 9.17) is 0 Å². The Hall–Kier alpha value is -1.42. The summed E-state index contributed by atoms with van der Waals surface area (Å²) in [6, 6.07) is 6.27. The van der Waals surface area contributed by atoms with Crippen LogP contribution in [-0.2, 0) is 11.8 Å². The molecular formula is C13H16N2OS. The van der Waals surface area contributed by atoms with E-state index < -0.39 is 0 Å². The van der Waals surface area contributed by atoms with Crippen LogP contribution in [0.15, 0.2) is 23.2 Å². The molecule has 0 unspecified atom stereocenters. The summed E-state index contributed by atoms with van der Waals surface area (Å²) in [6.07, 6.45) is 0. The second-order valence-electron chi connectivity index (χ2n) is 4.52. The van der Waals surface area contributed by atoms with Crippen molar-refractivity contribution in [1.29, 1.82) is 0 Å². The average molecular weight is 248 g/mol. The molecule has 0 N–H and O–H groups in total. The molecule has 2 rings (SSSR count). The fourth-order valence-electron chi connectivity index (χ4n) is 1.57. The SMILES string of the molecule is Cc1ccc2c(c1)sc(=NC(=O)C(C)C)n2C. The van der Waals surface area contributed by atoms with Gasteiger partial charge in [-0.25, -0.2) is 0 Å². The molecule has 0 atom stereocenters. The average Bonchev–Trinajstić information content (AvgIpc) is 2.55. The van der Waals surface area contributed by atoms with Crippen LogP contribution in [0.5, 0.6) is 0 Å². The number of amides is 1. The topological polar surface area (TPSA) is 34.4 Å². The van der Waals surface area contributed by atoms with Crippen LogP contribution in [-0.4, -0.2) is 10.5 Å². The van der Waals surface area contributed by atoms with Crippen LogP contribution in [0.25, 0.3) is 10.2 Å². The van der Waals surface area contributed by atoms with Gasteiger partial charge in [-0.15, -0.1) is 0 Å². The van der Waals surface area contributed by atoms with Gasteiger partial charge in [-0.2, -0.15) is 4.99 Å². The zero-order chi connectivity index (χ0) is 12.6. The zero-order valence-corrected chi connectivity index (χ0v) is 11.3. The van der Waals surface area contributed by atoms with Gasteiger partial charge in [0.1, 0.15) is 0 Å². The minimum absolute atomic E-state index is 0.0538. The standard InChI is InChI=1S/C13H16N2OS/c1-8(2)12(16)14-13-15(4)10-6-5-9(3)7-11(10)17-13/h5-8H,1-4H3. The Morgan fingerprint density at radius 1 is 1.41 bits per heavy atom. The van der Waals surface area contributed by atoms with Crippen LogP contribution >= 0.6 is 11.3 Å². The first kappa shape index (κ1) is 12.0. The highest BCUT2D eigenvalue weighted by atomic mass is 32.1. The number of nitrogens with zero attached hydrogens (tertiary/aromatic N) is 2. The van der Waals surface area contributed by atoms with Gasteiger partial charge in [0, 0.05) is 13.0 Å². The summed E-state index contributed by atoms with van der Waals surface area (Å²) in [5.74, 6) is -0.120. The van der Waals surface area contributed by atoms with Crippen molar-refractivity contribution < 1.29 is 4.79 Å². The Bertz CT molecular complexity index is 634. The third kappa shape index (κ3) is 2.31. The lowest BCUT2D eigenvalue weighted by Crippen LogP contribution is -2.15. The van der Waals surface area contributed by atoms with E-state index in [1.54, 1.807) is 11.3 Å². The summed E-state index contributed by atoms with van der Waals surface area (Å²) >= 11 is 1.56. The number of rotatable bonds is 1. The van der Waals surface area contributed by atoms with Gasteiger partial charge < -0.3 is 4.57 Å². The van der Waals surface area contributed by atoms with Crippen molar-refractivity contribution in [3.05, 3.63) is 28.6 Å². The number of carbonyl (C=O) groups is 1. The first-order chi connectivity index (χ1) is 7.99. The highest BCUT2D eigenvalue weighted by Crippen LogP contribution is 2.17. The number of hydrogen-bond acceptors (Lipinski definition) is 2. The molecule has 4 heteroatoms. The highest BCUT2D eigenvalue weighted by Gasteiger charge is 2.07. The third-order valence-electron chi connectivity index (χ3n) is 2.66. The summed E-state index contributed by atoms with van der Waals surface area (Å²) in [7, 11) is 1.95. The van der Waals surface area contributed by atoms with Gasteiger partial charge in [-0.3, -0.25) is 4.79 Å². The van der Waals surface area contributed by atoms with Crippen LogP contribution < -0.4 is 4.80 Å². The number of benzene rings is 1. The van der Waals surface area contributed by atoms with Gasteiger partial charge in [-0.1, -0.05) is 31.3 Å². The minimum Gasteiger partial charge on any atom is -0.319 e. The summed E-state index contributed by atoms with van der Waals surface area (Å²) in [5.41, 5.74) is 2.34. The van der Waals surface area contributed by atoms with Crippen LogP contribution in [0.3, 0.4) is 0 Å². The molecule has 0 aliphatic rings. The lowest BCUT2D eigenvalue weighted by molar-refractivity contribution is -0.120. The van der Waals surface area contributed by atoms with Crippen LogP contribution in [0.1, 0.15) is 19.4 Å². The maximum Gasteiger partial charge on any atom is 0.250 e. The van der Waals surface area contributed by atoms with E-state index in [0.29, 0.717) is 0 Å². The lowest BCUT2D eigenvalue weighted by Gasteiger charge is -1.97. The van der Waals surface area contributed by atoms with Gasteiger partial charge in [-0.05, 0) is 24.6 Å². The third-order valence-corrected chi connectivity index (χ3v) is 3.76. The predicted octanol–water partition coefficient (Wildman–Crippen LogP) is 2.63. The van der Waals surface area contributed by atoms with E-state index in [1.807, 2.05) is 25.5 Å². The molecule has 1 heterocycles. The molecule has 0 aliphatic carbocycles. The molecule has 1 amide bonds. The van der Waals surface area contributed by atoms with Crippen molar-refractivity contribution in [2.45, 2.75) is 20.8 Å². The summed E-state index contributed by atoms with van der Waals surface area (Å²) in [6.45, 7) is 5.79. The molecular weight excluding hydrogens is 232 g/mol. The Morgan fingerprint density at radius 2 is 2.12 bits per heavy atom. The number of hydrogen-bond donors (Lipinski definition) is 0. The smallest absolute Gasteiger partial charge is 0.250 e. The van der Waals surface area contributed by atoms with Gasteiger partial charge in [0.2, 0.25) is 0 Å². The molecule has 17 heavy (non-hydrogen) atoms. The second-order valence-corrected chi connectivity index (χ2v) is 5.53. The van der Waals surface area contributed by atoms with E-state index in [0.717, 1.165) is 10.3 Å². The molecule has 0 saturated carbocycles. The molecule has 0 bridgehead atoms. The van der Waals surface area contributed by atoms with Crippen LogP contribution in [0, 0.1) is 12.8 Å². The molecule has 0 spiro atoms. The quantitative estimate of drug-likeness (QED) is 0.764. The molecule has 0 aliphatic heterocycles. The Morgan fingerprint density at radius 3 is 2.76 bits per heavy atom. The molecule has 3 nitrogen and oxygen atoms in total. The molecule has 1 aromatic heterocycles. The van der Waals surface area contributed by atoms with Crippen molar-refractivity contribution >= 4 is 27.5 Å². The number of thiazole rings is 1. The fourth-order valence-corrected chi connectivity index (χ4v) is 2.69. The predicted molar refractivity (Wildman–Crippen MR) is 70.9 cm³/mol. The Balaban J connectivity index is 2.64. The first-order valence-electron chi connectivity index (χ1n) is 5.64. The summed E-state index contributed by atoms with van der Waals surface area (Å²) in [5, 5.41) is 0. The lowest BCUT2D eigenvalue weighted by atomic mass is 10.2. The van der Waals surface area contributed by atoms with Gasteiger partial charge >= 0.3 is 0 Å². The highest BCUT2D eigenvalue weighted by molar-refractivity contribution is 7.16. The van der Waals surface area contributed by atoms with Gasteiger partial charge in [0.05, 0.1) is 10.2 Å². The van der Waals surface area contributed by atoms with Gasteiger partial charge in [0.15, 0.2) is 4.80 Å². The van der Waals surface area contributed by atoms with Crippen molar-refractivity contribution in [3.63, 3.8) is 0 Å². The number of aryl methyl sites for hydroxylation is 2. The van der Waals surface area contributed by atoms with Crippen LogP contribution in [0.2, 0.25) is 0 Å². The maximum absolute atomic E-state index is 11.6. The summed E-state index contributed by atoms with van der Waals surface area (Å²) in [4.78, 5) is 16.6. The minimum atomic E-state index is -0.0659. The second kappa shape index (κ2) is 4.45. The molecule has 0 radical (unpaired) electrons. The van der Waals surface area contributed by atoms with E-state index in [2.05, 4.69) is 30.1 Å². The first-order valence-corrected chi connectivity index (χ1v) is 6.45. The maximum atomic E-state index is 11.6. The number of aromatic nitrogens is 1. The van der Waals surface area contributed by atoms with Crippen molar-refractivity contribution in [2.75, 3.05) is 0 Å². The zero-order valence-electron chi connectivity index (χ0n) is 10.5. The molecule has 90 valence electrons. The van der Waals surface area contributed by atoms with Crippen LogP contribution in [0.4, 0.5) is 0 Å². The van der Waals surface area contributed by atoms with E-state index >= 15 is 0 Å². The summed E-state index contributed by atoms with van der Waals surface area (Å²) < 4.78 is 3.14. The van der Waals surface area contributed by atoms with E-state index in [1.165, 1.54) is 10.3 Å². The largest absolute Gasteiger partial charge is 0.319 e. The fraction of sp³-hybridized carbons (Fsp3) is 0.385. The molecule has 0 saturated heterocycles.